The highest BCUT2D eigenvalue weighted by molar-refractivity contribution is 5.91. The number of benzene rings is 1. The fourth-order valence-corrected chi connectivity index (χ4v) is 3.02. The van der Waals surface area contributed by atoms with Crippen molar-refractivity contribution in [2.45, 2.75) is 47.2 Å². The van der Waals surface area contributed by atoms with Gasteiger partial charge in [-0.1, -0.05) is 29.8 Å². The van der Waals surface area contributed by atoms with Crippen LogP contribution in [0.4, 0.5) is 14.5 Å². The van der Waals surface area contributed by atoms with Gasteiger partial charge in [0.25, 0.3) is 6.43 Å². The monoisotopic (exact) mass is 387 g/mol. The molecule has 0 fully saturated rings. The molecule has 3 aromatic rings. The van der Waals surface area contributed by atoms with Crippen LogP contribution in [0.2, 0.25) is 0 Å². The Labute approximate surface area is 162 Å². The maximum atomic E-state index is 12.8. The van der Waals surface area contributed by atoms with Gasteiger partial charge in [-0.25, -0.2) is 8.78 Å². The number of aryl methyl sites for hydroxylation is 3. The van der Waals surface area contributed by atoms with E-state index in [0.29, 0.717) is 23.6 Å². The third-order valence-corrected chi connectivity index (χ3v) is 4.62. The number of halogens is 2. The van der Waals surface area contributed by atoms with Crippen molar-refractivity contribution in [3.63, 3.8) is 0 Å². The van der Waals surface area contributed by atoms with Crippen LogP contribution < -0.4 is 5.32 Å². The quantitative estimate of drug-likeness (QED) is 0.697. The molecule has 0 unspecified atom stereocenters. The van der Waals surface area contributed by atoms with Gasteiger partial charge in [-0.2, -0.15) is 10.2 Å². The van der Waals surface area contributed by atoms with Gasteiger partial charge in [-0.3, -0.25) is 14.2 Å². The Morgan fingerprint density at radius 3 is 2.36 bits per heavy atom. The van der Waals surface area contributed by atoms with E-state index in [0.717, 1.165) is 11.3 Å². The number of aromatic nitrogens is 4. The van der Waals surface area contributed by atoms with Gasteiger partial charge in [-0.05, 0) is 39.3 Å². The average molecular weight is 387 g/mol. The summed E-state index contributed by atoms with van der Waals surface area (Å²) in [4.78, 5) is 12.4. The number of anilines is 1. The van der Waals surface area contributed by atoms with Gasteiger partial charge in [0.05, 0.1) is 23.6 Å². The molecule has 1 aromatic carbocycles. The number of amides is 1. The van der Waals surface area contributed by atoms with Crippen LogP contribution in [0.5, 0.6) is 0 Å². The highest BCUT2D eigenvalue weighted by Crippen LogP contribution is 2.21. The maximum absolute atomic E-state index is 12.8. The summed E-state index contributed by atoms with van der Waals surface area (Å²) >= 11 is 0. The topological polar surface area (TPSA) is 64.7 Å². The van der Waals surface area contributed by atoms with E-state index in [1.165, 1.54) is 16.3 Å². The number of carbonyl (C=O) groups excluding carboxylic acids is 1. The molecular formula is C20H23F2N5O. The molecular weight excluding hydrogens is 364 g/mol. The third kappa shape index (κ3) is 4.27. The summed E-state index contributed by atoms with van der Waals surface area (Å²) < 4.78 is 28.6. The Bertz CT molecular complexity index is 989. The summed E-state index contributed by atoms with van der Waals surface area (Å²) in [5.41, 5.74) is 4.64. The first-order valence-electron chi connectivity index (χ1n) is 8.96. The molecule has 148 valence electrons. The molecule has 0 spiro atoms. The number of rotatable bonds is 6. The second-order valence-corrected chi connectivity index (χ2v) is 6.91. The van der Waals surface area contributed by atoms with E-state index in [1.807, 2.05) is 49.7 Å². The van der Waals surface area contributed by atoms with Crippen molar-refractivity contribution >= 4 is 11.6 Å². The minimum absolute atomic E-state index is 0.138. The molecule has 28 heavy (non-hydrogen) atoms. The number of hydrogen-bond acceptors (Lipinski definition) is 3. The molecule has 1 N–H and O–H groups in total. The Morgan fingerprint density at radius 1 is 1.07 bits per heavy atom. The molecule has 3 rings (SSSR count). The third-order valence-electron chi connectivity index (χ3n) is 4.62. The minimum atomic E-state index is -2.66. The summed E-state index contributed by atoms with van der Waals surface area (Å²) in [6, 6.07) is 9.47. The number of carbonyl (C=O) groups is 1. The predicted molar refractivity (Wildman–Crippen MR) is 103 cm³/mol. The molecule has 0 saturated heterocycles. The zero-order valence-electron chi connectivity index (χ0n) is 16.3. The summed E-state index contributed by atoms with van der Waals surface area (Å²) in [5, 5.41) is 11.1. The van der Waals surface area contributed by atoms with Gasteiger partial charge < -0.3 is 5.32 Å². The average Bonchev–Trinajstić information content (AvgIpc) is 3.12. The lowest BCUT2D eigenvalue weighted by Gasteiger charge is -2.08. The molecule has 1 amide bonds. The van der Waals surface area contributed by atoms with Crippen LogP contribution in [-0.4, -0.2) is 25.5 Å². The summed E-state index contributed by atoms with van der Waals surface area (Å²) in [5.74, 6) is -0.340. The molecule has 8 heteroatoms. The fraction of sp³-hybridized carbons (Fsp3) is 0.350. The number of nitrogens with zero attached hydrogens (tertiary/aromatic N) is 4. The largest absolute Gasteiger partial charge is 0.321 e. The van der Waals surface area contributed by atoms with E-state index in [1.54, 1.807) is 6.92 Å². The van der Waals surface area contributed by atoms with Crippen LogP contribution in [-0.2, 0) is 17.9 Å². The molecule has 0 bridgehead atoms. The molecule has 0 atom stereocenters. The molecule has 2 aromatic heterocycles. The van der Waals surface area contributed by atoms with Crippen LogP contribution in [0, 0.1) is 27.7 Å². The Balaban J connectivity index is 1.72. The zero-order chi connectivity index (χ0) is 20.4. The highest BCUT2D eigenvalue weighted by Gasteiger charge is 2.18. The van der Waals surface area contributed by atoms with Crippen molar-refractivity contribution in [2.24, 2.45) is 0 Å². The van der Waals surface area contributed by atoms with Gasteiger partial charge in [0.15, 0.2) is 0 Å². The molecule has 0 radical (unpaired) electrons. The van der Waals surface area contributed by atoms with E-state index < -0.39 is 6.43 Å². The summed E-state index contributed by atoms with van der Waals surface area (Å²) in [6.07, 6.45) is -2.66. The standard InChI is InChI=1S/C20H23F2N5O/c1-12-5-7-16(8-6-12)10-27-15(4)19(14(3)24-27)23-18(28)11-26-13(2)9-17(25-26)20(21)22/h5-9,20H,10-11H2,1-4H3,(H,23,28). The number of hydrogen-bond donors (Lipinski definition) is 1. The normalized spacial score (nSPS) is 11.2. The minimum Gasteiger partial charge on any atom is -0.321 e. The molecule has 0 aliphatic heterocycles. The Morgan fingerprint density at radius 2 is 1.75 bits per heavy atom. The van der Waals surface area contributed by atoms with Crippen molar-refractivity contribution in [1.82, 2.24) is 19.6 Å². The van der Waals surface area contributed by atoms with E-state index in [2.05, 4.69) is 15.5 Å². The molecule has 2 heterocycles. The van der Waals surface area contributed by atoms with E-state index >= 15 is 0 Å². The Hall–Kier alpha value is -3.03. The lowest BCUT2D eigenvalue weighted by Crippen LogP contribution is -2.21. The second-order valence-electron chi connectivity index (χ2n) is 6.91. The molecule has 0 aliphatic rings. The van der Waals surface area contributed by atoms with Crippen LogP contribution in [0.1, 0.15) is 40.3 Å². The van der Waals surface area contributed by atoms with Gasteiger partial charge in [0, 0.05) is 5.69 Å². The van der Waals surface area contributed by atoms with Crippen LogP contribution in [0.3, 0.4) is 0 Å². The first-order chi connectivity index (χ1) is 13.2. The molecule has 6 nitrogen and oxygen atoms in total. The van der Waals surface area contributed by atoms with Crippen molar-refractivity contribution in [2.75, 3.05) is 5.32 Å². The van der Waals surface area contributed by atoms with E-state index in [9.17, 15) is 13.6 Å². The lowest BCUT2D eigenvalue weighted by molar-refractivity contribution is -0.117. The molecule has 0 aliphatic carbocycles. The van der Waals surface area contributed by atoms with Gasteiger partial charge in [0.1, 0.15) is 12.2 Å². The lowest BCUT2D eigenvalue weighted by atomic mass is 10.1. The predicted octanol–water partition coefficient (Wildman–Crippen LogP) is 3.94. The highest BCUT2D eigenvalue weighted by atomic mass is 19.3. The zero-order valence-corrected chi connectivity index (χ0v) is 16.3. The van der Waals surface area contributed by atoms with Crippen molar-refractivity contribution in [3.8, 4) is 0 Å². The van der Waals surface area contributed by atoms with Crippen LogP contribution in [0.25, 0.3) is 0 Å². The first-order valence-corrected chi connectivity index (χ1v) is 8.96. The maximum Gasteiger partial charge on any atom is 0.282 e. The van der Waals surface area contributed by atoms with Crippen molar-refractivity contribution < 1.29 is 13.6 Å². The fourth-order valence-electron chi connectivity index (χ4n) is 3.02. The van der Waals surface area contributed by atoms with Crippen LogP contribution in [0.15, 0.2) is 30.3 Å². The van der Waals surface area contributed by atoms with E-state index in [4.69, 9.17) is 0 Å². The second kappa shape index (κ2) is 7.92. The number of alkyl halides is 2. The number of nitrogens with one attached hydrogen (secondary N) is 1. The Kier molecular flexibility index (Phi) is 5.58. The van der Waals surface area contributed by atoms with Gasteiger partial charge in [-0.15, -0.1) is 0 Å². The van der Waals surface area contributed by atoms with Gasteiger partial charge >= 0.3 is 0 Å². The van der Waals surface area contributed by atoms with Crippen molar-refractivity contribution in [1.29, 1.82) is 0 Å². The molecule has 0 saturated carbocycles. The van der Waals surface area contributed by atoms with Crippen LogP contribution >= 0.6 is 0 Å². The SMILES string of the molecule is Cc1ccc(Cn2nc(C)c(NC(=O)Cn3nc(C(F)F)cc3C)c2C)cc1. The van der Waals surface area contributed by atoms with Gasteiger partial charge in [0.2, 0.25) is 5.91 Å². The first kappa shape index (κ1) is 19.7. The smallest absolute Gasteiger partial charge is 0.282 e. The summed E-state index contributed by atoms with van der Waals surface area (Å²) in [6.45, 7) is 7.84. The summed E-state index contributed by atoms with van der Waals surface area (Å²) in [7, 11) is 0. The van der Waals surface area contributed by atoms with Crippen molar-refractivity contribution in [3.05, 3.63) is 64.2 Å². The van der Waals surface area contributed by atoms with E-state index in [-0.39, 0.29) is 18.1 Å².